The molecule has 0 unspecified atom stereocenters. The lowest BCUT2D eigenvalue weighted by Crippen LogP contribution is -2.22. The van der Waals surface area contributed by atoms with Crippen LogP contribution in [0, 0.1) is 23.3 Å². The molecular weight excluding hydrogens is 972 g/mol. The predicted octanol–water partition coefficient (Wildman–Crippen LogP) is 9.77. The van der Waals surface area contributed by atoms with Crippen molar-refractivity contribution in [2.45, 2.75) is 12.4 Å². The molecule has 0 fully saturated rings. The summed E-state index contributed by atoms with van der Waals surface area (Å²) in [6, 6.07) is 16.1. The molecule has 0 bridgehead atoms. The molecule has 6 aromatic heterocycles. The second-order valence-electron chi connectivity index (χ2n) is 14.0. The van der Waals surface area contributed by atoms with Crippen molar-refractivity contribution in [3.63, 3.8) is 0 Å². The van der Waals surface area contributed by atoms with Gasteiger partial charge in [-0.25, -0.2) is 37.5 Å². The molecule has 4 aromatic carbocycles. The number of fused-ring (bicyclic) bond motifs is 4. The van der Waals surface area contributed by atoms with Gasteiger partial charge in [0.15, 0.2) is 0 Å². The van der Waals surface area contributed by atoms with Crippen molar-refractivity contribution in [1.29, 1.82) is 0 Å². The molecule has 1 N–H and O–H groups in total. The maximum absolute atomic E-state index is 15.0. The van der Waals surface area contributed by atoms with E-state index in [1.165, 1.54) is 60.1 Å². The Balaban J connectivity index is 0.000000145. The third kappa shape index (κ3) is 8.74. The lowest BCUT2D eigenvalue weighted by Gasteiger charge is -2.12. The van der Waals surface area contributed by atoms with Crippen molar-refractivity contribution in [3.05, 3.63) is 175 Å². The number of nitrogens with zero attached hydrogens (tertiary/aromatic N) is 9. The quantitative estimate of drug-likeness (QED) is 0.133. The molecule has 0 aliphatic heterocycles. The van der Waals surface area contributed by atoms with Crippen LogP contribution in [0.2, 0.25) is 0 Å². The highest BCUT2D eigenvalue weighted by Gasteiger charge is 2.18. The lowest BCUT2D eigenvalue weighted by atomic mass is 10.00. The Kier molecular flexibility index (Phi) is 12.3. The second-order valence-corrected chi connectivity index (χ2v) is 16.0. The Morgan fingerprint density at radius 3 is 1.65 bits per heavy atom. The Morgan fingerprint density at radius 2 is 1.14 bits per heavy atom. The fraction of sp³-hybridized carbons (Fsp3) is 0.0909. The summed E-state index contributed by atoms with van der Waals surface area (Å²) in [4.78, 5) is 42.2. The molecule has 0 amide bonds. The smallest absolute Gasteiger partial charge is 0.261 e. The van der Waals surface area contributed by atoms with Gasteiger partial charge in [0.25, 0.3) is 11.1 Å². The van der Waals surface area contributed by atoms with Gasteiger partial charge >= 0.3 is 0 Å². The zero-order valence-electron chi connectivity index (χ0n) is 32.8. The highest BCUT2D eigenvalue weighted by atomic mass is 79.9. The van der Waals surface area contributed by atoms with Crippen molar-refractivity contribution in [1.82, 2.24) is 49.0 Å². The average molecular weight is 1000 g/mol. The van der Waals surface area contributed by atoms with E-state index in [1.54, 1.807) is 34.7 Å². The van der Waals surface area contributed by atoms with E-state index in [-0.39, 0.29) is 34.5 Å². The summed E-state index contributed by atoms with van der Waals surface area (Å²) >= 11 is 12.2. The number of H-pyrrole nitrogens is 1. The number of nitrogens with one attached hydrogen (secondary N) is 1. The molecule has 0 saturated heterocycles. The van der Waals surface area contributed by atoms with Crippen molar-refractivity contribution in [2.24, 2.45) is 14.1 Å². The molecule has 0 saturated carbocycles. The molecule has 0 aliphatic rings. The van der Waals surface area contributed by atoms with Crippen molar-refractivity contribution in [2.75, 3.05) is 0 Å². The normalized spacial score (nSPS) is 11.2. The Hall–Kier alpha value is -6.63. The number of pyridine rings is 2. The van der Waals surface area contributed by atoms with E-state index >= 15 is 8.78 Å². The van der Waals surface area contributed by atoms with E-state index in [1.807, 2.05) is 43.7 Å². The molecule has 0 spiro atoms. The number of benzene rings is 4. The van der Waals surface area contributed by atoms with Crippen LogP contribution in [-0.4, -0.2) is 49.0 Å². The van der Waals surface area contributed by atoms with Crippen molar-refractivity contribution >= 4 is 87.1 Å². The van der Waals surface area contributed by atoms with Gasteiger partial charge in [-0.1, -0.05) is 24.3 Å². The average Bonchev–Trinajstić information content (AvgIpc) is 3.86. The molecule has 19 heteroatoms. The Labute approximate surface area is 375 Å². The zero-order valence-corrected chi connectivity index (χ0v) is 36.7. The number of rotatable bonds is 5. The zero-order chi connectivity index (χ0) is 44.5. The van der Waals surface area contributed by atoms with Gasteiger partial charge in [0, 0.05) is 73.2 Å². The predicted molar refractivity (Wildman–Crippen MR) is 240 cm³/mol. The first-order valence-electron chi connectivity index (χ1n) is 18.6. The largest absolute Gasteiger partial charge is 0.327 e. The Bertz CT molecular complexity index is 3460. The monoisotopic (exact) mass is 998 g/mol. The van der Waals surface area contributed by atoms with Gasteiger partial charge in [-0.05, 0) is 90.5 Å². The SMILES string of the molecule is Cn1cc2c(-c3cc(F)c(CCl)c(F)c3)cccc2n1.Cn1cc2c(-c3cc(F)c(Cn4cc(Br)c5ncncc5c4=O)c(F)c3)cccc2n1.O=c1[nH]cc(Br)c2ncncc12. The maximum atomic E-state index is 15.0. The van der Waals surface area contributed by atoms with Gasteiger partial charge < -0.3 is 9.55 Å². The van der Waals surface area contributed by atoms with E-state index in [0.717, 1.165) is 31.8 Å². The van der Waals surface area contributed by atoms with Crippen LogP contribution < -0.4 is 11.1 Å². The lowest BCUT2D eigenvalue weighted by molar-refractivity contribution is 0.543. The van der Waals surface area contributed by atoms with E-state index in [0.29, 0.717) is 37.6 Å². The summed E-state index contributed by atoms with van der Waals surface area (Å²) in [5.74, 6) is -2.91. The highest BCUT2D eigenvalue weighted by molar-refractivity contribution is 9.11. The molecular formula is C44H29Br2ClF4N10O2. The first-order valence-corrected chi connectivity index (χ1v) is 20.8. The number of hydrogen-bond donors (Lipinski definition) is 1. The molecule has 0 atom stereocenters. The second kappa shape index (κ2) is 18.0. The number of alkyl halides is 1. The highest BCUT2D eigenvalue weighted by Crippen LogP contribution is 2.32. The van der Waals surface area contributed by atoms with Gasteiger partial charge in [0.2, 0.25) is 0 Å². The van der Waals surface area contributed by atoms with Gasteiger partial charge in [0.1, 0.15) is 35.9 Å². The van der Waals surface area contributed by atoms with Crippen LogP contribution in [0.1, 0.15) is 11.1 Å². The van der Waals surface area contributed by atoms with Gasteiger partial charge in [0.05, 0.1) is 54.2 Å². The number of aryl methyl sites for hydroxylation is 2. The number of hydrogen-bond acceptors (Lipinski definition) is 8. The van der Waals surface area contributed by atoms with E-state index in [4.69, 9.17) is 11.6 Å². The van der Waals surface area contributed by atoms with E-state index < -0.39 is 28.8 Å². The molecule has 316 valence electrons. The van der Waals surface area contributed by atoms with Crippen LogP contribution in [0.3, 0.4) is 0 Å². The minimum absolute atomic E-state index is 0.103. The minimum Gasteiger partial charge on any atom is -0.327 e. The molecule has 63 heavy (non-hydrogen) atoms. The minimum atomic E-state index is -0.733. The molecule has 6 heterocycles. The van der Waals surface area contributed by atoms with Crippen LogP contribution in [0.25, 0.3) is 65.9 Å². The molecule has 10 aromatic rings. The molecule has 10 rings (SSSR count). The fourth-order valence-corrected chi connectivity index (χ4v) is 8.21. The van der Waals surface area contributed by atoms with Crippen LogP contribution in [0.5, 0.6) is 0 Å². The first kappa shape index (κ1) is 43.0. The van der Waals surface area contributed by atoms with E-state index in [9.17, 15) is 18.4 Å². The van der Waals surface area contributed by atoms with Crippen LogP contribution in [0.15, 0.2) is 129 Å². The van der Waals surface area contributed by atoms with Crippen LogP contribution in [0.4, 0.5) is 17.6 Å². The summed E-state index contributed by atoms with van der Waals surface area (Å²) in [7, 11) is 3.60. The number of aromatic amines is 1. The molecule has 0 radical (unpaired) electrons. The Morgan fingerprint density at radius 1 is 0.651 bits per heavy atom. The fourth-order valence-electron chi connectivity index (χ4n) is 6.96. The summed E-state index contributed by atoms with van der Waals surface area (Å²) in [6.45, 7) is -0.267. The first-order chi connectivity index (χ1) is 30.3. The summed E-state index contributed by atoms with van der Waals surface area (Å²) in [5.41, 5.74) is 3.99. The topological polar surface area (TPSA) is 142 Å². The number of halogens is 7. The van der Waals surface area contributed by atoms with Crippen molar-refractivity contribution in [3.8, 4) is 22.3 Å². The maximum Gasteiger partial charge on any atom is 0.261 e. The third-order valence-corrected chi connectivity index (χ3v) is 11.4. The van der Waals surface area contributed by atoms with Gasteiger partial charge in [-0.2, -0.15) is 10.2 Å². The molecule has 12 nitrogen and oxygen atoms in total. The van der Waals surface area contributed by atoms with Gasteiger partial charge in [-0.15, -0.1) is 11.6 Å². The standard InChI is InChI=1S/C22H14BrF2N5O.C15H11ClF2N2.C7H4BrN3O/c1-29-8-15-13(3-2-4-20(15)28-29)12-5-18(24)16(19(25)6-12)9-30-10-17(23)21-14(22(30)31)7-26-11-27-21;1-20-8-12-10(3-2-4-15(12)19-20)9-5-13(17)11(7-16)14(18)6-9;8-5-2-10-7(12)4-1-9-3-11-6(4)5/h2-8,10-11H,9H2,1H3;2-6,8H,7H2,1H3;1-3H,(H,10,12). The van der Waals surface area contributed by atoms with Gasteiger partial charge in [-0.3, -0.25) is 19.0 Å². The van der Waals surface area contributed by atoms with Crippen molar-refractivity contribution < 1.29 is 17.6 Å². The summed E-state index contributed by atoms with van der Waals surface area (Å²) in [6.07, 6.45) is 12.3. The van der Waals surface area contributed by atoms with Crippen LogP contribution >= 0.6 is 43.5 Å². The summed E-state index contributed by atoms with van der Waals surface area (Å²) < 4.78 is 63.6. The number of aromatic nitrogens is 10. The summed E-state index contributed by atoms with van der Waals surface area (Å²) in [5, 5.41) is 11.0. The van der Waals surface area contributed by atoms with E-state index in [2.05, 4.69) is 67.0 Å². The molecule has 0 aliphatic carbocycles. The third-order valence-electron chi connectivity index (χ3n) is 9.91. The van der Waals surface area contributed by atoms with Crippen LogP contribution in [-0.2, 0) is 26.5 Å².